The molecule has 0 saturated carbocycles. The largest absolute Gasteiger partial charge is 0.496 e. The number of rotatable bonds is 3. The summed E-state index contributed by atoms with van der Waals surface area (Å²) in [6.45, 7) is 3.49. The molecule has 0 aromatic heterocycles. The molecular formula is C16H15FO2. The predicted octanol–water partition coefficient (Wildman–Crippen LogP) is 3.68. The topological polar surface area (TPSA) is 26.3 Å². The summed E-state index contributed by atoms with van der Waals surface area (Å²) in [6.07, 6.45) is 0. The standard InChI is InChI=1S/C16H15FO2/c1-10-5-4-6-13(15(10)17)16(18)12-7-8-14(19-3)11(2)9-12/h4-9H,1-3H3. The lowest BCUT2D eigenvalue weighted by Crippen LogP contribution is -2.06. The van der Waals surface area contributed by atoms with Gasteiger partial charge >= 0.3 is 0 Å². The van der Waals surface area contributed by atoms with Gasteiger partial charge in [-0.05, 0) is 49.2 Å². The Balaban J connectivity index is 2.44. The van der Waals surface area contributed by atoms with E-state index in [2.05, 4.69) is 0 Å². The summed E-state index contributed by atoms with van der Waals surface area (Å²) < 4.78 is 19.1. The molecule has 0 aliphatic rings. The summed E-state index contributed by atoms with van der Waals surface area (Å²) in [5.41, 5.74) is 1.88. The molecule has 2 rings (SSSR count). The van der Waals surface area contributed by atoms with E-state index in [-0.39, 0.29) is 11.3 Å². The van der Waals surface area contributed by atoms with E-state index in [4.69, 9.17) is 4.74 Å². The fraction of sp³-hybridized carbons (Fsp3) is 0.188. The van der Waals surface area contributed by atoms with Crippen LogP contribution in [0.5, 0.6) is 5.75 Å². The van der Waals surface area contributed by atoms with Crippen LogP contribution in [0.1, 0.15) is 27.0 Å². The Kier molecular flexibility index (Phi) is 3.65. The predicted molar refractivity (Wildman–Crippen MR) is 72.3 cm³/mol. The van der Waals surface area contributed by atoms with Crippen molar-refractivity contribution < 1.29 is 13.9 Å². The molecule has 0 radical (unpaired) electrons. The number of aryl methyl sites for hydroxylation is 2. The summed E-state index contributed by atoms with van der Waals surface area (Å²) in [6, 6.07) is 9.91. The summed E-state index contributed by atoms with van der Waals surface area (Å²) in [5.74, 6) is -0.0609. The Hall–Kier alpha value is -2.16. The van der Waals surface area contributed by atoms with Gasteiger partial charge in [-0.15, -0.1) is 0 Å². The minimum atomic E-state index is -0.457. The summed E-state index contributed by atoms with van der Waals surface area (Å²) in [4.78, 5) is 12.3. The first-order chi connectivity index (χ1) is 9.04. The van der Waals surface area contributed by atoms with Gasteiger partial charge in [0.15, 0.2) is 5.78 Å². The number of carbonyl (C=O) groups excluding carboxylic acids is 1. The van der Waals surface area contributed by atoms with Gasteiger partial charge in [-0.1, -0.05) is 12.1 Å². The monoisotopic (exact) mass is 258 g/mol. The second-order valence-electron chi connectivity index (χ2n) is 4.45. The molecule has 0 amide bonds. The van der Waals surface area contributed by atoms with Crippen LogP contribution in [0.15, 0.2) is 36.4 Å². The van der Waals surface area contributed by atoms with Crippen LogP contribution >= 0.6 is 0 Å². The van der Waals surface area contributed by atoms with Gasteiger partial charge < -0.3 is 4.74 Å². The first-order valence-corrected chi connectivity index (χ1v) is 5.99. The number of ketones is 1. The maximum absolute atomic E-state index is 13.9. The van der Waals surface area contributed by atoms with Gasteiger partial charge in [0.2, 0.25) is 0 Å². The van der Waals surface area contributed by atoms with Crippen LogP contribution < -0.4 is 4.74 Å². The highest BCUT2D eigenvalue weighted by Crippen LogP contribution is 2.22. The van der Waals surface area contributed by atoms with Gasteiger partial charge in [0.1, 0.15) is 11.6 Å². The van der Waals surface area contributed by atoms with E-state index < -0.39 is 5.82 Å². The molecule has 0 aliphatic carbocycles. The van der Waals surface area contributed by atoms with E-state index in [1.165, 1.54) is 6.07 Å². The van der Waals surface area contributed by atoms with Gasteiger partial charge in [0.05, 0.1) is 12.7 Å². The van der Waals surface area contributed by atoms with Gasteiger partial charge in [0.25, 0.3) is 0 Å². The molecular weight excluding hydrogens is 243 g/mol. The fourth-order valence-electron chi connectivity index (χ4n) is 2.00. The number of hydrogen-bond donors (Lipinski definition) is 0. The van der Waals surface area contributed by atoms with Crippen molar-refractivity contribution in [2.75, 3.05) is 7.11 Å². The van der Waals surface area contributed by atoms with Crippen molar-refractivity contribution in [1.82, 2.24) is 0 Å². The molecule has 0 atom stereocenters. The molecule has 19 heavy (non-hydrogen) atoms. The van der Waals surface area contributed by atoms with Crippen molar-refractivity contribution in [3.05, 3.63) is 64.5 Å². The van der Waals surface area contributed by atoms with E-state index in [1.54, 1.807) is 44.4 Å². The Bertz CT molecular complexity index is 633. The second-order valence-corrected chi connectivity index (χ2v) is 4.45. The molecule has 0 spiro atoms. The summed E-state index contributed by atoms with van der Waals surface area (Å²) in [7, 11) is 1.57. The van der Waals surface area contributed by atoms with Gasteiger partial charge in [-0.25, -0.2) is 4.39 Å². The molecule has 0 bridgehead atoms. The summed E-state index contributed by atoms with van der Waals surface area (Å²) >= 11 is 0. The summed E-state index contributed by atoms with van der Waals surface area (Å²) in [5, 5.41) is 0. The van der Waals surface area contributed by atoms with Crippen molar-refractivity contribution in [3.63, 3.8) is 0 Å². The maximum Gasteiger partial charge on any atom is 0.195 e. The lowest BCUT2D eigenvalue weighted by Gasteiger charge is -2.08. The molecule has 2 nitrogen and oxygen atoms in total. The van der Waals surface area contributed by atoms with Gasteiger partial charge in [0, 0.05) is 5.56 Å². The molecule has 0 heterocycles. The molecule has 0 aliphatic heterocycles. The lowest BCUT2D eigenvalue weighted by atomic mass is 9.99. The van der Waals surface area contributed by atoms with Crippen LogP contribution in [0.2, 0.25) is 0 Å². The zero-order chi connectivity index (χ0) is 14.0. The minimum absolute atomic E-state index is 0.101. The third kappa shape index (κ3) is 2.50. The van der Waals surface area contributed by atoms with E-state index in [1.807, 2.05) is 6.92 Å². The lowest BCUT2D eigenvalue weighted by molar-refractivity contribution is 0.103. The zero-order valence-electron chi connectivity index (χ0n) is 11.2. The fourth-order valence-corrected chi connectivity index (χ4v) is 2.00. The molecule has 2 aromatic rings. The van der Waals surface area contributed by atoms with Gasteiger partial charge in [-0.3, -0.25) is 4.79 Å². The number of benzene rings is 2. The first-order valence-electron chi connectivity index (χ1n) is 5.99. The zero-order valence-corrected chi connectivity index (χ0v) is 11.2. The Morgan fingerprint density at radius 3 is 2.47 bits per heavy atom. The maximum atomic E-state index is 13.9. The van der Waals surface area contributed by atoms with Crippen molar-refractivity contribution in [2.45, 2.75) is 13.8 Å². The Labute approximate surface area is 111 Å². The third-order valence-corrected chi connectivity index (χ3v) is 3.09. The van der Waals surface area contributed by atoms with E-state index in [9.17, 15) is 9.18 Å². The number of carbonyl (C=O) groups is 1. The highest BCUT2D eigenvalue weighted by molar-refractivity contribution is 6.09. The van der Waals surface area contributed by atoms with E-state index in [0.29, 0.717) is 16.9 Å². The van der Waals surface area contributed by atoms with Crippen molar-refractivity contribution >= 4 is 5.78 Å². The number of hydrogen-bond acceptors (Lipinski definition) is 2. The SMILES string of the molecule is COc1ccc(C(=O)c2cccc(C)c2F)cc1C. The highest BCUT2D eigenvalue weighted by atomic mass is 19.1. The number of ether oxygens (including phenoxy) is 1. The number of methoxy groups -OCH3 is 1. The van der Waals surface area contributed by atoms with E-state index in [0.717, 1.165) is 5.56 Å². The van der Waals surface area contributed by atoms with Crippen LogP contribution in [0, 0.1) is 19.7 Å². The highest BCUT2D eigenvalue weighted by Gasteiger charge is 2.16. The molecule has 0 fully saturated rings. The first kappa shape index (κ1) is 13.3. The second kappa shape index (κ2) is 5.22. The van der Waals surface area contributed by atoms with Crippen molar-refractivity contribution in [2.24, 2.45) is 0 Å². The Morgan fingerprint density at radius 2 is 1.84 bits per heavy atom. The van der Waals surface area contributed by atoms with Gasteiger partial charge in [-0.2, -0.15) is 0 Å². The van der Waals surface area contributed by atoms with Crippen molar-refractivity contribution in [1.29, 1.82) is 0 Å². The third-order valence-electron chi connectivity index (χ3n) is 3.09. The van der Waals surface area contributed by atoms with Crippen LogP contribution in [0.25, 0.3) is 0 Å². The van der Waals surface area contributed by atoms with E-state index >= 15 is 0 Å². The average molecular weight is 258 g/mol. The van der Waals surface area contributed by atoms with Crippen LogP contribution in [-0.4, -0.2) is 12.9 Å². The molecule has 3 heteroatoms. The molecule has 0 saturated heterocycles. The Morgan fingerprint density at radius 1 is 1.11 bits per heavy atom. The molecule has 0 unspecified atom stereocenters. The quantitative estimate of drug-likeness (QED) is 0.785. The molecule has 2 aromatic carbocycles. The van der Waals surface area contributed by atoms with Crippen LogP contribution in [0.3, 0.4) is 0 Å². The van der Waals surface area contributed by atoms with Crippen molar-refractivity contribution in [3.8, 4) is 5.75 Å². The van der Waals surface area contributed by atoms with Crippen LogP contribution in [-0.2, 0) is 0 Å². The normalized spacial score (nSPS) is 10.3. The average Bonchev–Trinajstić information content (AvgIpc) is 2.41. The van der Waals surface area contributed by atoms with Crippen LogP contribution in [0.4, 0.5) is 4.39 Å². The smallest absolute Gasteiger partial charge is 0.195 e. The molecule has 0 N–H and O–H groups in total. The minimum Gasteiger partial charge on any atom is -0.496 e. The number of halogens is 1. The molecule has 98 valence electrons.